The number of rotatable bonds is 8. The van der Waals surface area contributed by atoms with Crippen LogP contribution in [0.5, 0.6) is 0 Å². The molecule has 0 aliphatic carbocycles. The van der Waals surface area contributed by atoms with Gasteiger partial charge in [0, 0.05) is 36.4 Å². The Labute approximate surface area is 126 Å². The van der Waals surface area contributed by atoms with Gasteiger partial charge >= 0.3 is 0 Å². The van der Waals surface area contributed by atoms with Crippen LogP contribution in [0.2, 0.25) is 0 Å². The molecule has 1 saturated heterocycles. The lowest BCUT2D eigenvalue weighted by molar-refractivity contribution is 0.186. The lowest BCUT2D eigenvalue weighted by Gasteiger charge is -2.40. The van der Waals surface area contributed by atoms with Gasteiger partial charge in [0.1, 0.15) is 5.37 Å². The molecule has 0 spiro atoms. The maximum atomic E-state index is 12.2. The van der Waals surface area contributed by atoms with E-state index in [9.17, 15) is 8.42 Å². The Hall–Kier alpha value is 0.570. The minimum atomic E-state index is -3.01. The third-order valence-corrected chi connectivity index (χ3v) is 7.57. The molecular formula is C12H26N2O2S3. The molecule has 0 aromatic rings. The van der Waals surface area contributed by atoms with E-state index in [1.54, 1.807) is 18.7 Å². The van der Waals surface area contributed by atoms with Crippen molar-refractivity contribution < 1.29 is 8.42 Å². The third-order valence-electron chi connectivity index (χ3n) is 3.57. The van der Waals surface area contributed by atoms with Crippen molar-refractivity contribution in [2.75, 3.05) is 42.4 Å². The topological polar surface area (TPSA) is 63.4 Å². The highest BCUT2D eigenvalue weighted by Gasteiger charge is 2.36. The molecule has 1 aliphatic rings. The molecule has 1 rings (SSSR count). The number of sulfone groups is 1. The summed E-state index contributed by atoms with van der Waals surface area (Å²) in [4.78, 5) is 2.15. The van der Waals surface area contributed by atoms with Crippen molar-refractivity contribution in [2.24, 2.45) is 5.73 Å². The summed E-state index contributed by atoms with van der Waals surface area (Å²) in [7, 11) is -3.01. The second-order valence-corrected chi connectivity index (χ2v) is 9.33. The van der Waals surface area contributed by atoms with Crippen molar-refractivity contribution in [1.29, 1.82) is 0 Å². The van der Waals surface area contributed by atoms with Crippen molar-refractivity contribution >= 4 is 33.4 Å². The van der Waals surface area contributed by atoms with E-state index in [0.29, 0.717) is 12.3 Å². The maximum Gasteiger partial charge on any atom is 0.166 e. The molecule has 1 heterocycles. The van der Waals surface area contributed by atoms with Crippen LogP contribution in [-0.4, -0.2) is 67.1 Å². The molecule has 2 N–H and O–H groups in total. The molecule has 0 aromatic heterocycles. The third kappa shape index (κ3) is 5.12. The van der Waals surface area contributed by atoms with Crippen LogP contribution >= 0.6 is 23.5 Å². The average Bonchev–Trinajstić information content (AvgIpc) is 2.44. The molecule has 0 radical (unpaired) electrons. The fourth-order valence-corrected chi connectivity index (χ4v) is 5.94. The fraction of sp³-hybridized carbons (Fsp3) is 1.00. The molecule has 19 heavy (non-hydrogen) atoms. The highest BCUT2D eigenvalue weighted by atomic mass is 32.2. The van der Waals surface area contributed by atoms with E-state index in [-0.39, 0.29) is 17.2 Å². The number of hydrogen-bond donors (Lipinski definition) is 1. The molecule has 2 unspecified atom stereocenters. The molecule has 7 heteroatoms. The first-order valence-corrected chi connectivity index (χ1v) is 11.1. The van der Waals surface area contributed by atoms with Crippen LogP contribution in [0.3, 0.4) is 0 Å². The molecule has 0 amide bonds. The van der Waals surface area contributed by atoms with E-state index in [1.165, 1.54) is 0 Å². The van der Waals surface area contributed by atoms with Crippen molar-refractivity contribution in [3.63, 3.8) is 0 Å². The van der Waals surface area contributed by atoms with Crippen molar-refractivity contribution in [3.05, 3.63) is 0 Å². The summed E-state index contributed by atoms with van der Waals surface area (Å²) >= 11 is 3.57. The zero-order chi connectivity index (χ0) is 14.3. The smallest absolute Gasteiger partial charge is 0.166 e. The molecule has 1 aliphatic heterocycles. The van der Waals surface area contributed by atoms with Gasteiger partial charge in [0.25, 0.3) is 0 Å². The predicted molar refractivity (Wildman–Crippen MR) is 87.7 cm³/mol. The molecule has 1 fully saturated rings. The van der Waals surface area contributed by atoms with Gasteiger partial charge in [-0.15, -0.1) is 0 Å². The zero-order valence-corrected chi connectivity index (χ0v) is 14.3. The fourth-order valence-electron chi connectivity index (χ4n) is 2.40. The van der Waals surface area contributed by atoms with E-state index in [1.807, 2.05) is 11.8 Å². The Morgan fingerprint density at radius 2 is 2.26 bits per heavy atom. The van der Waals surface area contributed by atoms with Crippen LogP contribution in [0.4, 0.5) is 0 Å². The van der Waals surface area contributed by atoms with Crippen LogP contribution in [-0.2, 0) is 9.84 Å². The highest BCUT2D eigenvalue weighted by molar-refractivity contribution is 8.01. The quantitative estimate of drug-likeness (QED) is 0.678. The van der Waals surface area contributed by atoms with Gasteiger partial charge in [0.15, 0.2) is 9.84 Å². The summed E-state index contributed by atoms with van der Waals surface area (Å²) in [5.41, 5.74) is 5.88. The minimum absolute atomic E-state index is 0.208. The molecule has 0 aromatic carbocycles. The molecule has 114 valence electrons. The van der Waals surface area contributed by atoms with E-state index >= 15 is 0 Å². The molecule has 0 saturated carbocycles. The van der Waals surface area contributed by atoms with Crippen molar-refractivity contribution in [3.8, 4) is 0 Å². The summed E-state index contributed by atoms with van der Waals surface area (Å²) in [5, 5.41) is -0.334. The van der Waals surface area contributed by atoms with E-state index in [2.05, 4.69) is 11.2 Å². The van der Waals surface area contributed by atoms with Gasteiger partial charge in [-0.1, -0.05) is 6.92 Å². The monoisotopic (exact) mass is 326 g/mol. The Bertz CT molecular complexity index is 349. The first-order valence-electron chi connectivity index (χ1n) is 6.80. The van der Waals surface area contributed by atoms with Gasteiger partial charge in [-0.05, 0) is 24.9 Å². The molecule has 2 atom stereocenters. The molecule has 4 nitrogen and oxygen atoms in total. The lowest BCUT2D eigenvalue weighted by atomic mass is 10.1. The van der Waals surface area contributed by atoms with E-state index < -0.39 is 9.84 Å². The van der Waals surface area contributed by atoms with Crippen LogP contribution in [0.1, 0.15) is 19.8 Å². The second-order valence-electron chi connectivity index (χ2n) is 4.74. The Morgan fingerprint density at radius 1 is 1.53 bits per heavy atom. The largest absolute Gasteiger partial charge is 0.329 e. The van der Waals surface area contributed by atoms with Gasteiger partial charge < -0.3 is 5.73 Å². The summed E-state index contributed by atoms with van der Waals surface area (Å²) in [6.07, 6.45) is 4.20. The minimum Gasteiger partial charge on any atom is -0.329 e. The van der Waals surface area contributed by atoms with Crippen molar-refractivity contribution in [2.45, 2.75) is 31.2 Å². The SMILES string of the molecule is CCS(=O)(=O)C1CSCCN1C(CN)CCCSC. The summed E-state index contributed by atoms with van der Waals surface area (Å²) in [6.45, 7) is 3.13. The van der Waals surface area contributed by atoms with Gasteiger partial charge in [-0.2, -0.15) is 23.5 Å². The average molecular weight is 327 g/mol. The summed E-state index contributed by atoms with van der Waals surface area (Å²) in [5.74, 6) is 3.03. The Kier molecular flexibility index (Phi) is 8.13. The second kappa shape index (κ2) is 8.77. The van der Waals surface area contributed by atoms with Crippen LogP contribution in [0.25, 0.3) is 0 Å². The van der Waals surface area contributed by atoms with E-state index in [4.69, 9.17) is 5.73 Å². The van der Waals surface area contributed by atoms with Gasteiger partial charge in [-0.3, -0.25) is 4.90 Å². The van der Waals surface area contributed by atoms with Gasteiger partial charge in [0.2, 0.25) is 0 Å². The maximum absolute atomic E-state index is 12.2. The zero-order valence-electron chi connectivity index (χ0n) is 11.9. The first-order chi connectivity index (χ1) is 9.06. The van der Waals surface area contributed by atoms with Gasteiger partial charge in [-0.25, -0.2) is 8.42 Å². The predicted octanol–water partition coefficient (Wildman–Crippen LogP) is 1.27. The summed E-state index contributed by atoms with van der Waals surface area (Å²) < 4.78 is 24.4. The Morgan fingerprint density at radius 3 is 2.84 bits per heavy atom. The van der Waals surface area contributed by atoms with Crippen LogP contribution < -0.4 is 5.73 Å². The van der Waals surface area contributed by atoms with Crippen LogP contribution in [0.15, 0.2) is 0 Å². The first kappa shape index (κ1) is 17.6. The molecule has 0 bridgehead atoms. The van der Waals surface area contributed by atoms with Gasteiger partial charge in [0.05, 0.1) is 0 Å². The number of nitrogens with two attached hydrogens (primary N) is 1. The van der Waals surface area contributed by atoms with Crippen molar-refractivity contribution in [1.82, 2.24) is 4.90 Å². The Balaban J connectivity index is 2.73. The van der Waals surface area contributed by atoms with E-state index in [0.717, 1.165) is 30.9 Å². The van der Waals surface area contributed by atoms with Crippen LogP contribution in [0, 0.1) is 0 Å². The lowest BCUT2D eigenvalue weighted by Crippen LogP contribution is -2.54. The summed E-state index contributed by atoms with van der Waals surface area (Å²) in [6, 6.07) is 0.208. The molecular weight excluding hydrogens is 300 g/mol. The number of thioether (sulfide) groups is 2. The number of hydrogen-bond acceptors (Lipinski definition) is 6. The highest BCUT2D eigenvalue weighted by Crippen LogP contribution is 2.25. The number of nitrogens with zero attached hydrogens (tertiary/aromatic N) is 1. The normalized spacial score (nSPS) is 23.4. The standard InChI is InChI=1S/C12H26N2O2S3/c1-3-19(15,16)12-10-18-8-6-14(12)11(9-13)5-4-7-17-2/h11-12H,3-10,13H2,1-2H3.